The lowest BCUT2D eigenvalue weighted by Crippen LogP contribution is -2.16. The third-order valence-electron chi connectivity index (χ3n) is 2.96. The number of aromatic carboxylic acids is 1. The second-order valence-corrected chi connectivity index (χ2v) is 4.98. The van der Waals surface area contributed by atoms with Gasteiger partial charge in [-0.15, -0.1) is 5.75 Å². The topological polar surface area (TPSA) is 98.7 Å². The van der Waals surface area contributed by atoms with E-state index in [1.54, 1.807) is 19.1 Å². The number of carboxylic acids is 1. The minimum Gasteiger partial charge on any atom is -0.872 e. The van der Waals surface area contributed by atoms with Crippen molar-refractivity contribution in [1.29, 1.82) is 0 Å². The van der Waals surface area contributed by atoms with Gasteiger partial charge >= 0.3 is 5.97 Å². The molecule has 0 aliphatic heterocycles. The number of halogens is 1. The Morgan fingerprint density at radius 2 is 1.96 bits per heavy atom. The van der Waals surface area contributed by atoms with Crippen LogP contribution in [0.3, 0.4) is 0 Å². The van der Waals surface area contributed by atoms with Gasteiger partial charge in [0, 0.05) is 5.02 Å². The molecule has 2 aromatic carbocycles. The Morgan fingerprint density at radius 1 is 1.22 bits per heavy atom. The van der Waals surface area contributed by atoms with Crippen LogP contribution in [-0.2, 0) is 0 Å². The van der Waals surface area contributed by atoms with Gasteiger partial charge in [0.1, 0.15) is 5.75 Å². The molecular formula is C16H13ClNO5-. The van der Waals surface area contributed by atoms with E-state index in [1.165, 1.54) is 18.2 Å². The number of hydrogen-bond acceptors (Lipinski definition) is 4. The number of carboxylic acid groups (broad SMARTS) is 1. The quantitative estimate of drug-likeness (QED) is 0.876. The van der Waals surface area contributed by atoms with Gasteiger partial charge in [-0.25, -0.2) is 4.79 Å². The summed E-state index contributed by atoms with van der Waals surface area (Å²) in [6.07, 6.45) is 0. The van der Waals surface area contributed by atoms with E-state index in [0.29, 0.717) is 17.4 Å². The fourth-order valence-corrected chi connectivity index (χ4v) is 2.13. The third kappa shape index (κ3) is 3.92. The van der Waals surface area contributed by atoms with Crippen molar-refractivity contribution in [2.24, 2.45) is 0 Å². The second kappa shape index (κ2) is 7.02. The Balaban J connectivity index is 2.37. The van der Waals surface area contributed by atoms with Crippen molar-refractivity contribution in [3.05, 3.63) is 52.5 Å². The standard InChI is InChI=1S/C16H14ClNO5/c1-2-23-14-6-3-9(17)7-12(14)15(20)18-13-5-4-10(19)8-11(13)16(21)22/h3-8,19H,2H2,1H3,(H,18,20)(H,21,22)/p-1. The minimum atomic E-state index is -1.31. The summed E-state index contributed by atoms with van der Waals surface area (Å²) in [5.41, 5.74) is -0.0998. The van der Waals surface area contributed by atoms with Crippen LogP contribution in [0.25, 0.3) is 0 Å². The molecule has 6 nitrogen and oxygen atoms in total. The first-order chi connectivity index (χ1) is 10.9. The zero-order valence-electron chi connectivity index (χ0n) is 12.1. The summed E-state index contributed by atoms with van der Waals surface area (Å²) in [5, 5.41) is 23.2. The molecule has 0 atom stereocenters. The number of benzene rings is 2. The zero-order chi connectivity index (χ0) is 17.0. The van der Waals surface area contributed by atoms with E-state index in [4.69, 9.17) is 21.4 Å². The SMILES string of the molecule is CCOc1ccc(Cl)cc1C(=O)Nc1ccc([O-])cc1C(=O)O. The molecular weight excluding hydrogens is 322 g/mol. The fourth-order valence-electron chi connectivity index (χ4n) is 1.96. The molecule has 0 saturated heterocycles. The summed E-state index contributed by atoms with van der Waals surface area (Å²) >= 11 is 5.90. The van der Waals surface area contributed by atoms with E-state index in [-0.39, 0.29) is 16.8 Å². The van der Waals surface area contributed by atoms with Gasteiger partial charge in [0.15, 0.2) is 0 Å². The first-order valence-corrected chi connectivity index (χ1v) is 7.08. The summed E-state index contributed by atoms with van der Waals surface area (Å²) in [6, 6.07) is 7.92. The van der Waals surface area contributed by atoms with Gasteiger partial charge in [0.2, 0.25) is 0 Å². The highest BCUT2D eigenvalue weighted by Gasteiger charge is 2.17. The molecule has 0 radical (unpaired) electrons. The first kappa shape index (κ1) is 16.6. The van der Waals surface area contributed by atoms with Crippen molar-refractivity contribution in [2.75, 3.05) is 11.9 Å². The summed E-state index contributed by atoms with van der Waals surface area (Å²) in [7, 11) is 0. The summed E-state index contributed by atoms with van der Waals surface area (Å²) in [6.45, 7) is 2.12. The Bertz CT molecular complexity index is 760. The number of carbonyl (C=O) groups is 2. The van der Waals surface area contributed by atoms with Crippen LogP contribution in [0, 0.1) is 0 Å². The number of rotatable bonds is 5. The number of anilines is 1. The fraction of sp³-hybridized carbons (Fsp3) is 0.125. The van der Waals surface area contributed by atoms with E-state index in [1.807, 2.05) is 0 Å². The molecule has 0 saturated carbocycles. The highest BCUT2D eigenvalue weighted by atomic mass is 35.5. The largest absolute Gasteiger partial charge is 0.872 e. The van der Waals surface area contributed by atoms with Gasteiger partial charge in [0.05, 0.1) is 23.4 Å². The monoisotopic (exact) mass is 334 g/mol. The van der Waals surface area contributed by atoms with E-state index in [2.05, 4.69) is 5.32 Å². The molecule has 1 amide bonds. The van der Waals surface area contributed by atoms with E-state index in [0.717, 1.165) is 6.07 Å². The first-order valence-electron chi connectivity index (χ1n) is 6.70. The van der Waals surface area contributed by atoms with Gasteiger partial charge < -0.3 is 20.3 Å². The molecule has 0 aliphatic rings. The van der Waals surface area contributed by atoms with Crippen LogP contribution >= 0.6 is 11.6 Å². The molecule has 0 aromatic heterocycles. The van der Waals surface area contributed by atoms with Gasteiger partial charge in [-0.3, -0.25) is 4.79 Å². The number of hydrogen-bond donors (Lipinski definition) is 2. The number of ether oxygens (including phenoxy) is 1. The zero-order valence-corrected chi connectivity index (χ0v) is 12.9. The van der Waals surface area contributed by atoms with Crippen molar-refractivity contribution in [1.82, 2.24) is 0 Å². The summed E-state index contributed by atoms with van der Waals surface area (Å²) in [4.78, 5) is 23.6. The van der Waals surface area contributed by atoms with Gasteiger partial charge in [-0.05, 0) is 31.2 Å². The van der Waals surface area contributed by atoms with Gasteiger partial charge in [-0.2, -0.15) is 0 Å². The molecule has 2 N–H and O–H groups in total. The second-order valence-electron chi connectivity index (χ2n) is 4.54. The van der Waals surface area contributed by atoms with E-state index in [9.17, 15) is 14.7 Å². The Morgan fingerprint density at radius 3 is 2.61 bits per heavy atom. The average molecular weight is 335 g/mol. The van der Waals surface area contributed by atoms with Crippen molar-refractivity contribution in [3.63, 3.8) is 0 Å². The smallest absolute Gasteiger partial charge is 0.337 e. The Kier molecular flexibility index (Phi) is 5.08. The summed E-state index contributed by atoms with van der Waals surface area (Å²) in [5.74, 6) is -2.03. The molecule has 0 aliphatic carbocycles. The van der Waals surface area contributed by atoms with Crippen molar-refractivity contribution >= 4 is 29.2 Å². The lowest BCUT2D eigenvalue weighted by atomic mass is 10.1. The molecule has 7 heteroatoms. The van der Waals surface area contributed by atoms with Crippen LogP contribution in [0.5, 0.6) is 11.5 Å². The Hall–Kier alpha value is -2.73. The Labute approximate surface area is 137 Å². The molecule has 0 fully saturated rings. The van der Waals surface area contributed by atoms with Crippen molar-refractivity contribution in [3.8, 4) is 11.5 Å². The van der Waals surface area contributed by atoms with Crippen LogP contribution in [0.2, 0.25) is 5.02 Å². The third-order valence-corrected chi connectivity index (χ3v) is 3.19. The number of nitrogens with one attached hydrogen (secondary N) is 1. The molecule has 120 valence electrons. The van der Waals surface area contributed by atoms with Gasteiger partial charge in [0.25, 0.3) is 5.91 Å². The van der Waals surface area contributed by atoms with E-state index >= 15 is 0 Å². The molecule has 0 unspecified atom stereocenters. The van der Waals surface area contributed by atoms with Crippen LogP contribution in [-0.4, -0.2) is 23.6 Å². The highest BCUT2D eigenvalue weighted by Crippen LogP contribution is 2.26. The normalized spacial score (nSPS) is 10.2. The number of carbonyl (C=O) groups excluding carboxylic acids is 1. The van der Waals surface area contributed by atoms with Crippen LogP contribution in [0.1, 0.15) is 27.6 Å². The van der Waals surface area contributed by atoms with Crippen LogP contribution < -0.4 is 15.2 Å². The molecule has 2 rings (SSSR count). The maximum absolute atomic E-state index is 12.4. The van der Waals surface area contributed by atoms with Gasteiger partial charge in [-0.1, -0.05) is 23.7 Å². The highest BCUT2D eigenvalue weighted by molar-refractivity contribution is 6.31. The maximum Gasteiger partial charge on any atom is 0.337 e. The lowest BCUT2D eigenvalue weighted by Gasteiger charge is -2.14. The van der Waals surface area contributed by atoms with E-state index < -0.39 is 17.6 Å². The predicted octanol–water partition coefficient (Wildman–Crippen LogP) is 2.76. The summed E-state index contributed by atoms with van der Waals surface area (Å²) < 4.78 is 5.36. The molecule has 0 heterocycles. The van der Waals surface area contributed by atoms with Crippen LogP contribution in [0.15, 0.2) is 36.4 Å². The minimum absolute atomic E-state index is 0.0181. The molecule has 2 aromatic rings. The molecule has 23 heavy (non-hydrogen) atoms. The predicted molar refractivity (Wildman–Crippen MR) is 83.4 cm³/mol. The molecule has 0 spiro atoms. The van der Waals surface area contributed by atoms with Crippen molar-refractivity contribution < 1.29 is 24.5 Å². The van der Waals surface area contributed by atoms with Crippen molar-refractivity contribution in [2.45, 2.75) is 6.92 Å². The average Bonchev–Trinajstić information content (AvgIpc) is 2.50. The number of amides is 1. The molecule has 0 bridgehead atoms. The van der Waals surface area contributed by atoms with Crippen LogP contribution in [0.4, 0.5) is 5.69 Å². The maximum atomic E-state index is 12.4. The lowest BCUT2D eigenvalue weighted by molar-refractivity contribution is -0.268.